The molecule has 2 aromatic rings. The van der Waals surface area contributed by atoms with E-state index in [1.165, 1.54) is 6.33 Å². The molecule has 3 rings (SSSR count). The summed E-state index contributed by atoms with van der Waals surface area (Å²) in [5.41, 5.74) is 0.856. The number of fused-ring (bicyclic) bond motifs is 1. The minimum atomic E-state index is -0.0619. The molecule has 0 radical (unpaired) electrons. The number of ether oxygens (including phenoxy) is 1. The minimum absolute atomic E-state index is 0.0619. The third-order valence-electron chi connectivity index (χ3n) is 3.51. The van der Waals surface area contributed by atoms with Crippen molar-refractivity contribution in [1.82, 2.24) is 15.3 Å². The molecule has 2 heterocycles. The predicted molar refractivity (Wildman–Crippen MR) is 80.0 cm³/mol. The average molecular weight is 286 g/mol. The summed E-state index contributed by atoms with van der Waals surface area (Å²) in [5, 5.41) is 6.84. The molecule has 0 saturated carbocycles. The quantitative estimate of drug-likeness (QED) is 0.867. The Bertz CT molecular complexity index is 621. The lowest BCUT2D eigenvalue weighted by Crippen LogP contribution is -2.35. The van der Waals surface area contributed by atoms with Crippen LogP contribution in [-0.4, -0.2) is 41.7 Å². The summed E-state index contributed by atoms with van der Waals surface area (Å²) in [5.74, 6) is 0.612. The van der Waals surface area contributed by atoms with Gasteiger partial charge in [-0.05, 0) is 25.0 Å². The molecule has 0 spiro atoms. The monoisotopic (exact) mass is 286 g/mol. The second kappa shape index (κ2) is 6.49. The maximum Gasteiger partial charge on any atom is 0.239 e. The molecule has 1 fully saturated rings. The maximum absolute atomic E-state index is 11.8. The van der Waals surface area contributed by atoms with E-state index in [1.54, 1.807) is 0 Å². The molecule has 21 heavy (non-hydrogen) atoms. The van der Waals surface area contributed by atoms with E-state index in [-0.39, 0.29) is 18.6 Å². The molecule has 110 valence electrons. The van der Waals surface area contributed by atoms with E-state index < -0.39 is 0 Å². The van der Waals surface area contributed by atoms with Gasteiger partial charge in [0.25, 0.3) is 0 Å². The highest BCUT2D eigenvalue weighted by atomic mass is 16.5. The Morgan fingerprint density at radius 3 is 3.10 bits per heavy atom. The molecule has 1 unspecified atom stereocenters. The molecule has 6 nitrogen and oxygen atoms in total. The Morgan fingerprint density at radius 1 is 1.33 bits per heavy atom. The molecule has 6 heteroatoms. The van der Waals surface area contributed by atoms with Gasteiger partial charge in [-0.1, -0.05) is 12.1 Å². The van der Waals surface area contributed by atoms with Crippen LogP contribution in [0, 0.1) is 0 Å². The van der Waals surface area contributed by atoms with Gasteiger partial charge in [0.2, 0.25) is 5.91 Å². The predicted octanol–water partition coefficient (Wildman–Crippen LogP) is 1.34. The molecule has 1 amide bonds. The number of carbonyl (C=O) groups is 1. The molecule has 0 bridgehead atoms. The number of amides is 1. The summed E-state index contributed by atoms with van der Waals surface area (Å²) in [4.78, 5) is 20.2. The number of aromatic nitrogens is 2. The van der Waals surface area contributed by atoms with Crippen LogP contribution in [0.5, 0.6) is 0 Å². The van der Waals surface area contributed by atoms with Gasteiger partial charge in [0.05, 0.1) is 18.2 Å². The molecule has 1 aliphatic rings. The molecular weight excluding hydrogens is 268 g/mol. The SMILES string of the molecule is O=C(CNc1ncnc2ccccc12)NCC1CCCO1. The number of anilines is 1. The maximum atomic E-state index is 11.8. The summed E-state index contributed by atoms with van der Waals surface area (Å²) in [6.07, 6.45) is 3.75. The molecule has 1 saturated heterocycles. The van der Waals surface area contributed by atoms with Crippen LogP contribution in [0.25, 0.3) is 10.9 Å². The zero-order valence-electron chi connectivity index (χ0n) is 11.7. The molecule has 1 aliphatic heterocycles. The summed E-state index contributed by atoms with van der Waals surface area (Å²) in [7, 11) is 0. The summed E-state index contributed by atoms with van der Waals surface area (Å²) < 4.78 is 5.47. The van der Waals surface area contributed by atoms with Gasteiger partial charge in [-0.25, -0.2) is 9.97 Å². The summed E-state index contributed by atoms with van der Waals surface area (Å²) in [6.45, 7) is 1.56. The number of benzene rings is 1. The Balaban J connectivity index is 1.54. The van der Waals surface area contributed by atoms with Crippen molar-refractivity contribution in [1.29, 1.82) is 0 Å². The van der Waals surface area contributed by atoms with Crippen LogP contribution < -0.4 is 10.6 Å². The second-order valence-corrected chi connectivity index (χ2v) is 5.03. The van der Waals surface area contributed by atoms with Crippen LogP contribution in [-0.2, 0) is 9.53 Å². The van der Waals surface area contributed by atoms with E-state index in [9.17, 15) is 4.79 Å². The first-order valence-corrected chi connectivity index (χ1v) is 7.15. The van der Waals surface area contributed by atoms with Gasteiger partial charge >= 0.3 is 0 Å². The molecular formula is C15H18N4O2. The molecule has 2 N–H and O–H groups in total. The number of nitrogens with one attached hydrogen (secondary N) is 2. The Hall–Kier alpha value is -2.21. The third-order valence-corrected chi connectivity index (χ3v) is 3.51. The van der Waals surface area contributed by atoms with Crippen LogP contribution in [0.1, 0.15) is 12.8 Å². The standard InChI is InChI=1S/C15H18N4O2/c20-14(16-8-11-4-3-7-21-11)9-17-15-12-5-1-2-6-13(12)18-10-19-15/h1-2,5-6,10-11H,3-4,7-9H2,(H,16,20)(H,17,18,19). The molecule has 1 atom stereocenters. The number of hydrogen-bond donors (Lipinski definition) is 2. The number of carbonyl (C=O) groups excluding carboxylic acids is 1. The number of para-hydroxylation sites is 1. The normalized spacial score (nSPS) is 17.8. The van der Waals surface area contributed by atoms with Crippen molar-refractivity contribution in [2.75, 3.05) is 25.0 Å². The first kappa shape index (κ1) is 13.8. The van der Waals surface area contributed by atoms with Crippen LogP contribution in [0.15, 0.2) is 30.6 Å². The van der Waals surface area contributed by atoms with Crippen LogP contribution in [0.4, 0.5) is 5.82 Å². The smallest absolute Gasteiger partial charge is 0.239 e. The fraction of sp³-hybridized carbons (Fsp3) is 0.400. The first-order valence-electron chi connectivity index (χ1n) is 7.15. The van der Waals surface area contributed by atoms with Gasteiger partial charge in [0, 0.05) is 18.5 Å². The zero-order valence-corrected chi connectivity index (χ0v) is 11.7. The van der Waals surface area contributed by atoms with Gasteiger partial charge < -0.3 is 15.4 Å². The number of rotatable bonds is 5. The van der Waals surface area contributed by atoms with Crippen molar-refractivity contribution in [3.05, 3.63) is 30.6 Å². The summed E-state index contributed by atoms with van der Waals surface area (Å²) >= 11 is 0. The van der Waals surface area contributed by atoms with Gasteiger partial charge in [-0.2, -0.15) is 0 Å². The van der Waals surface area contributed by atoms with Crippen molar-refractivity contribution in [2.24, 2.45) is 0 Å². The van der Waals surface area contributed by atoms with Crippen molar-refractivity contribution in [2.45, 2.75) is 18.9 Å². The van der Waals surface area contributed by atoms with Gasteiger partial charge in [0.15, 0.2) is 0 Å². The van der Waals surface area contributed by atoms with Gasteiger partial charge in [0.1, 0.15) is 12.1 Å². The van der Waals surface area contributed by atoms with E-state index in [4.69, 9.17) is 4.74 Å². The van der Waals surface area contributed by atoms with E-state index in [2.05, 4.69) is 20.6 Å². The highest BCUT2D eigenvalue weighted by Crippen LogP contribution is 2.17. The van der Waals surface area contributed by atoms with Crippen LogP contribution in [0.3, 0.4) is 0 Å². The van der Waals surface area contributed by atoms with E-state index in [0.29, 0.717) is 12.4 Å². The van der Waals surface area contributed by atoms with Crippen molar-refractivity contribution in [3.63, 3.8) is 0 Å². The van der Waals surface area contributed by atoms with E-state index in [1.807, 2.05) is 24.3 Å². The minimum Gasteiger partial charge on any atom is -0.376 e. The van der Waals surface area contributed by atoms with Gasteiger partial charge in [-0.3, -0.25) is 4.79 Å². The lowest BCUT2D eigenvalue weighted by atomic mass is 10.2. The Labute approximate surface area is 122 Å². The average Bonchev–Trinajstić information content (AvgIpc) is 3.04. The highest BCUT2D eigenvalue weighted by Gasteiger charge is 2.16. The third kappa shape index (κ3) is 3.46. The molecule has 1 aromatic heterocycles. The molecule has 0 aliphatic carbocycles. The van der Waals surface area contributed by atoms with Gasteiger partial charge in [-0.15, -0.1) is 0 Å². The fourth-order valence-electron chi connectivity index (χ4n) is 2.41. The highest BCUT2D eigenvalue weighted by molar-refractivity contribution is 5.90. The number of nitrogens with zero attached hydrogens (tertiary/aromatic N) is 2. The van der Waals surface area contributed by atoms with Crippen LogP contribution in [0.2, 0.25) is 0 Å². The Morgan fingerprint density at radius 2 is 2.24 bits per heavy atom. The van der Waals surface area contributed by atoms with Crippen molar-refractivity contribution in [3.8, 4) is 0 Å². The number of hydrogen-bond acceptors (Lipinski definition) is 5. The lowest BCUT2D eigenvalue weighted by molar-refractivity contribution is -0.119. The zero-order chi connectivity index (χ0) is 14.5. The van der Waals surface area contributed by atoms with Crippen LogP contribution >= 0.6 is 0 Å². The van der Waals surface area contributed by atoms with E-state index >= 15 is 0 Å². The first-order chi connectivity index (χ1) is 10.3. The molecule has 1 aromatic carbocycles. The second-order valence-electron chi connectivity index (χ2n) is 5.03. The van der Waals surface area contributed by atoms with Crippen molar-refractivity contribution < 1.29 is 9.53 Å². The fourth-order valence-corrected chi connectivity index (χ4v) is 2.41. The van der Waals surface area contributed by atoms with E-state index in [0.717, 1.165) is 30.4 Å². The Kier molecular flexibility index (Phi) is 4.25. The van der Waals surface area contributed by atoms with Crippen molar-refractivity contribution >= 4 is 22.6 Å². The largest absolute Gasteiger partial charge is 0.376 e. The summed E-state index contributed by atoms with van der Waals surface area (Å²) in [6, 6.07) is 7.70. The lowest BCUT2D eigenvalue weighted by Gasteiger charge is -2.12. The topological polar surface area (TPSA) is 76.1 Å².